The molecule has 4 rings (SSSR count). The Hall–Kier alpha value is -3.53. The average molecular weight is 408 g/mol. The third-order valence-corrected chi connectivity index (χ3v) is 4.89. The van der Waals surface area contributed by atoms with E-state index in [-0.39, 0.29) is 5.69 Å². The SMILES string of the molecule is CCNc1nc(SCc2nc(-c3ccc([N+](=O)[O-])cc3)no2)nc2ccccc12. The maximum atomic E-state index is 10.8. The van der Waals surface area contributed by atoms with Crippen LogP contribution < -0.4 is 5.32 Å². The van der Waals surface area contributed by atoms with Gasteiger partial charge >= 0.3 is 0 Å². The Kier molecular flexibility index (Phi) is 5.34. The number of aromatic nitrogens is 4. The number of hydrogen-bond acceptors (Lipinski definition) is 9. The van der Waals surface area contributed by atoms with E-state index < -0.39 is 4.92 Å². The first kappa shape index (κ1) is 18.8. The van der Waals surface area contributed by atoms with Gasteiger partial charge in [0.15, 0.2) is 5.16 Å². The Morgan fingerprint density at radius 3 is 2.66 bits per heavy atom. The predicted molar refractivity (Wildman–Crippen MR) is 110 cm³/mol. The maximum Gasteiger partial charge on any atom is 0.269 e. The summed E-state index contributed by atoms with van der Waals surface area (Å²) in [6, 6.07) is 13.8. The second kappa shape index (κ2) is 8.23. The van der Waals surface area contributed by atoms with Gasteiger partial charge in [0.2, 0.25) is 11.7 Å². The molecule has 10 heteroatoms. The highest BCUT2D eigenvalue weighted by molar-refractivity contribution is 7.98. The Labute approximate surface area is 169 Å². The number of thioether (sulfide) groups is 1. The van der Waals surface area contributed by atoms with Crippen molar-refractivity contribution in [3.05, 3.63) is 64.5 Å². The summed E-state index contributed by atoms with van der Waals surface area (Å²) < 4.78 is 5.30. The fourth-order valence-corrected chi connectivity index (χ4v) is 3.40. The molecule has 0 bridgehead atoms. The summed E-state index contributed by atoms with van der Waals surface area (Å²) in [5.41, 5.74) is 1.52. The fraction of sp³-hybridized carbons (Fsp3) is 0.158. The molecular weight excluding hydrogens is 392 g/mol. The summed E-state index contributed by atoms with van der Waals surface area (Å²) in [5, 5.41) is 19.5. The van der Waals surface area contributed by atoms with E-state index >= 15 is 0 Å². The van der Waals surface area contributed by atoms with Gasteiger partial charge in [0.25, 0.3) is 5.69 Å². The number of para-hydroxylation sites is 1. The Bertz CT molecular complexity index is 1160. The number of hydrogen-bond donors (Lipinski definition) is 1. The molecule has 0 radical (unpaired) electrons. The van der Waals surface area contributed by atoms with Crippen molar-refractivity contribution < 1.29 is 9.45 Å². The van der Waals surface area contributed by atoms with E-state index in [1.54, 1.807) is 12.1 Å². The standard InChI is InChI=1S/C19H16N6O3S/c1-2-20-18-14-5-3-4-6-15(14)21-19(23-18)29-11-16-22-17(24-28-16)12-7-9-13(10-8-12)25(26)27/h3-10H,2,11H2,1H3,(H,20,21,23). The van der Waals surface area contributed by atoms with Crippen LogP contribution in [-0.4, -0.2) is 31.6 Å². The molecule has 0 unspecified atom stereocenters. The number of nitro benzene ring substituents is 1. The molecule has 0 saturated carbocycles. The molecule has 0 fully saturated rings. The zero-order chi connectivity index (χ0) is 20.2. The fourth-order valence-electron chi connectivity index (χ4n) is 2.71. The minimum atomic E-state index is -0.451. The number of fused-ring (bicyclic) bond motifs is 1. The van der Waals surface area contributed by atoms with E-state index in [0.29, 0.717) is 28.2 Å². The van der Waals surface area contributed by atoms with Crippen molar-refractivity contribution in [1.29, 1.82) is 0 Å². The van der Waals surface area contributed by atoms with Crippen molar-refractivity contribution in [3.63, 3.8) is 0 Å². The van der Waals surface area contributed by atoms with E-state index in [2.05, 4.69) is 25.4 Å². The van der Waals surface area contributed by atoms with Crippen LogP contribution in [-0.2, 0) is 5.75 Å². The highest BCUT2D eigenvalue weighted by atomic mass is 32.2. The van der Waals surface area contributed by atoms with Gasteiger partial charge in [0.05, 0.1) is 16.2 Å². The molecule has 2 aromatic heterocycles. The molecule has 1 N–H and O–H groups in total. The molecule has 0 aliphatic carbocycles. The summed E-state index contributed by atoms with van der Waals surface area (Å²) >= 11 is 1.40. The average Bonchev–Trinajstić information content (AvgIpc) is 3.22. The highest BCUT2D eigenvalue weighted by Gasteiger charge is 2.13. The van der Waals surface area contributed by atoms with Gasteiger partial charge in [-0.2, -0.15) is 4.98 Å². The molecule has 29 heavy (non-hydrogen) atoms. The number of anilines is 1. The van der Waals surface area contributed by atoms with Crippen LogP contribution in [0.1, 0.15) is 12.8 Å². The lowest BCUT2D eigenvalue weighted by atomic mass is 10.2. The van der Waals surface area contributed by atoms with E-state index in [9.17, 15) is 10.1 Å². The number of nitrogens with one attached hydrogen (secondary N) is 1. The monoisotopic (exact) mass is 408 g/mol. The largest absolute Gasteiger partial charge is 0.370 e. The Balaban J connectivity index is 1.50. The van der Waals surface area contributed by atoms with Gasteiger partial charge in [-0.1, -0.05) is 29.1 Å². The van der Waals surface area contributed by atoms with Crippen LogP contribution in [0.5, 0.6) is 0 Å². The van der Waals surface area contributed by atoms with Crippen molar-refractivity contribution in [2.24, 2.45) is 0 Å². The van der Waals surface area contributed by atoms with Gasteiger partial charge in [-0.25, -0.2) is 9.97 Å². The summed E-state index contributed by atoms with van der Waals surface area (Å²) in [6.45, 7) is 2.77. The van der Waals surface area contributed by atoms with Gasteiger partial charge in [0.1, 0.15) is 5.82 Å². The summed E-state index contributed by atoms with van der Waals surface area (Å²) in [5.74, 6) is 2.00. The van der Waals surface area contributed by atoms with E-state index in [1.807, 2.05) is 31.2 Å². The Morgan fingerprint density at radius 1 is 1.10 bits per heavy atom. The number of rotatable bonds is 7. The van der Waals surface area contributed by atoms with Gasteiger partial charge in [-0.05, 0) is 31.2 Å². The summed E-state index contributed by atoms with van der Waals surface area (Å²) in [6.07, 6.45) is 0. The van der Waals surface area contributed by atoms with E-state index in [0.717, 1.165) is 23.3 Å². The lowest BCUT2D eigenvalue weighted by molar-refractivity contribution is -0.384. The third-order valence-electron chi connectivity index (χ3n) is 4.06. The molecule has 9 nitrogen and oxygen atoms in total. The molecule has 2 aromatic carbocycles. The van der Waals surface area contributed by atoms with Crippen molar-refractivity contribution >= 4 is 34.2 Å². The molecule has 0 aliphatic heterocycles. The number of benzene rings is 2. The van der Waals surface area contributed by atoms with Crippen LogP contribution in [0.3, 0.4) is 0 Å². The van der Waals surface area contributed by atoms with E-state index in [4.69, 9.17) is 4.52 Å². The molecule has 2 heterocycles. The Morgan fingerprint density at radius 2 is 1.90 bits per heavy atom. The third kappa shape index (κ3) is 4.16. The molecule has 0 spiro atoms. The van der Waals surface area contributed by atoms with Gasteiger partial charge in [-0.15, -0.1) is 0 Å². The summed E-state index contributed by atoms with van der Waals surface area (Å²) in [4.78, 5) is 23.8. The molecule has 0 saturated heterocycles. The number of non-ortho nitro benzene ring substituents is 1. The molecule has 4 aromatic rings. The minimum Gasteiger partial charge on any atom is -0.370 e. The quantitative estimate of drug-likeness (QED) is 0.206. The van der Waals surface area contributed by atoms with Crippen LogP contribution in [0, 0.1) is 10.1 Å². The van der Waals surface area contributed by atoms with Gasteiger partial charge in [-0.3, -0.25) is 10.1 Å². The zero-order valence-corrected chi connectivity index (χ0v) is 16.2. The maximum absolute atomic E-state index is 10.8. The molecular formula is C19H16N6O3S. The molecule has 0 atom stereocenters. The molecule has 146 valence electrons. The number of nitrogens with zero attached hydrogens (tertiary/aromatic N) is 5. The lowest BCUT2D eigenvalue weighted by Crippen LogP contribution is -2.02. The first-order valence-electron chi connectivity index (χ1n) is 8.85. The van der Waals surface area contributed by atoms with Crippen LogP contribution >= 0.6 is 11.8 Å². The number of nitro groups is 1. The smallest absolute Gasteiger partial charge is 0.269 e. The predicted octanol–water partition coefficient (Wildman–Crippen LogP) is 4.31. The van der Waals surface area contributed by atoms with Crippen LogP contribution in [0.25, 0.3) is 22.3 Å². The van der Waals surface area contributed by atoms with Crippen LogP contribution in [0.4, 0.5) is 11.5 Å². The molecule has 0 aliphatic rings. The van der Waals surface area contributed by atoms with Crippen molar-refractivity contribution in [3.8, 4) is 11.4 Å². The second-order valence-electron chi connectivity index (χ2n) is 6.01. The first-order chi connectivity index (χ1) is 14.1. The highest BCUT2D eigenvalue weighted by Crippen LogP contribution is 2.27. The minimum absolute atomic E-state index is 0.0120. The van der Waals surface area contributed by atoms with E-state index in [1.165, 1.54) is 23.9 Å². The van der Waals surface area contributed by atoms with Crippen molar-refractivity contribution in [2.75, 3.05) is 11.9 Å². The van der Waals surface area contributed by atoms with Gasteiger partial charge < -0.3 is 9.84 Å². The second-order valence-corrected chi connectivity index (χ2v) is 6.95. The van der Waals surface area contributed by atoms with Crippen LogP contribution in [0.15, 0.2) is 58.2 Å². The lowest BCUT2D eigenvalue weighted by Gasteiger charge is -2.08. The van der Waals surface area contributed by atoms with Crippen LogP contribution in [0.2, 0.25) is 0 Å². The molecule has 0 amide bonds. The van der Waals surface area contributed by atoms with Crippen molar-refractivity contribution in [2.45, 2.75) is 17.8 Å². The summed E-state index contributed by atoms with van der Waals surface area (Å²) in [7, 11) is 0. The zero-order valence-electron chi connectivity index (χ0n) is 15.4. The van der Waals surface area contributed by atoms with Crippen molar-refractivity contribution in [1.82, 2.24) is 20.1 Å². The first-order valence-corrected chi connectivity index (χ1v) is 9.83. The topological polar surface area (TPSA) is 120 Å². The van der Waals surface area contributed by atoms with Gasteiger partial charge in [0, 0.05) is 29.6 Å². The normalized spacial score (nSPS) is 10.9.